The molecule has 2 aliphatic rings. The van der Waals surface area contributed by atoms with Gasteiger partial charge in [0.15, 0.2) is 15.7 Å². The summed E-state index contributed by atoms with van der Waals surface area (Å²) in [7, 11) is -3.66. The molecule has 2 fully saturated rings. The van der Waals surface area contributed by atoms with Gasteiger partial charge in [-0.2, -0.15) is 4.98 Å². The van der Waals surface area contributed by atoms with Gasteiger partial charge in [0.05, 0.1) is 48.3 Å². The van der Waals surface area contributed by atoms with Gasteiger partial charge in [0.1, 0.15) is 16.5 Å². The van der Waals surface area contributed by atoms with Gasteiger partial charge >= 0.3 is 0 Å². The van der Waals surface area contributed by atoms with E-state index in [1.807, 2.05) is 13.8 Å². The third kappa shape index (κ3) is 11.1. The summed E-state index contributed by atoms with van der Waals surface area (Å²) in [4.78, 5) is 8.68. The van der Waals surface area contributed by atoms with Crippen molar-refractivity contribution in [1.29, 1.82) is 0 Å². The fourth-order valence-corrected chi connectivity index (χ4v) is 8.24. The molecule has 13 heteroatoms. The highest BCUT2D eigenvalue weighted by Gasteiger charge is 2.24. The molecule has 1 aromatic heterocycles. The number of para-hydroxylation sites is 1. The van der Waals surface area contributed by atoms with E-state index in [1.54, 1.807) is 56.3 Å². The first-order chi connectivity index (χ1) is 32.2. The normalized spacial score (nSPS) is 20.4. The number of aryl methyl sites for hydroxylation is 2. The Morgan fingerprint density at radius 1 is 0.839 bits per heavy atom. The van der Waals surface area contributed by atoms with Gasteiger partial charge in [0.25, 0.3) is 0 Å². The molecule has 6 N–H and O–H groups in total. The number of benzene rings is 3. The van der Waals surface area contributed by atoms with Crippen LogP contribution in [0, 0.1) is 13.8 Å². The smallest absolute Gasteiger partial charge is 0.229 e. The van der Waals surface area contributed by atoms with E-state index in [0.717, 1.165) is 74.1 Å². The van der Waals surface area contributed by atoms with Crippen LogP contribution in [0.25, 0.3) is 0 Å². The highest BCUT2D eigenvalue weighted by molar-refractivity contribution is 7.92. The number of nitrogens with one attached hydrogen (secondary N) is 4. The number of rotatable bonds is 12. The lowest BCUT2D eigenvalue weighted by molar-refractivity contribution is 0.243. The maximum absolute atomic E-state index is 13.0. The molecule has 4 aromatic rings. The molecule has 0 bridgehead atoms. The molecule has 3 aromatic carbocycles. The van der Waals surface area contributed by atoms with Crippen LogP contribution in [0.3, 0.4) is 0 Å². The van der Waals surface area contributed by atoms with E-state index in [4.69, 9.17) is 46.0 Å². The van der Waals surface area contributed by atoms with Crippen LogP contribution < -0.4 is 36.5 Å². The van der Waals surface area contributed by atoms with E-state index in [-0.39, 0.29) is 62.1 Å². The van der Waals surface area contributed by atoms with Crippen molar-refractivity contribution in [3.05, 3.63) is 82.0 Å². The van der Waals surface area contributed by atoms with E-state index in [0.29, 0.717) is 0 Å². The molecule has 0 spiro atoms. The van der Waals surface area contributed by atoms with E-state index >= 15 is 0 Å². The number of aromatic nitrogens is 2. The number of sulfone groups is 1. The van der Waals surface area contributed by atoms with E-state index < -0.39 is 54.7 Å². The number of hydrogen-bond donors (Lipinski definition) is 5. The van der Waals surface area contributed by atoms with Crippen molar-refractivity contribution in [1.82, 2.24) is 20.6 Å². The summed E-state index contributed by atoms with van der Waals surface area (Å²) in [6.45, 7) is -2.74. The van der Waals surface area contributed by atoms with Crippen molar-refractivity contribution in [3.8, 4) is 11.5 Å². The maximum atomic E-state index is 13.0. The Morgan fingerprint density at radius 2 is 1.39 bits per heavy atom. The predicted molar refractivity (Wildman–Crippen MR) is 230 cm³/mol. The lowest BCUT2D eigenvalue weighted by Gasteiger charge is -2.26. The summed E-state index contributed by atoms with van der Waals surface area (Å²) >= 11 is 6.38. The fraction of sp³-hybridized carbons (Fsp3) is 0.488. The van der Waals surface area contributed by atoms with Gasteiger partial charge in [-0.25, -0.2) is 13.4 Å². The Hall–Kier alpha value is -4.10. The molecule has 0 unspecified atom stereocenters. The van der Waals surface area contributed by atoms with Crippen molar-refractivity contribution in [2.24, 2.45) is 0 Å². The number of ether oxygens (including phenoxy) is 2. The molecular formula is C43H60ClN7O4S. The Bertz CT molecular complexity index is 2560. The third-order valence-corrected chi connectivity index (χ3v) is 12.3. The topological polar surface area (TPSA) is 153 Å². The zero-order valence-electron chi connectivity index (χ0n) is 46.0. The fourth-order valence-electron chi connectivity index (χ4n) is 6.90. The number of piperidine rings is 2. The van der Waals surface area contributed by atoms with Gasteiger partial charge in [-0.3, -0.25) is 0 Å². The molecule has 0 atom stereocenters. The quantitative estimate of drug-likeness (QED) is 0.0870. The second kappa shape index (κ2) is 19.4. The highest BCUT2D eigenvalue weighted by Crippen LogP contribution is 2.38. The third-order valence-electron chi connectivity index (χ3n) is 9.81. The zero-order valence-corrected chi connectivity index (χ0v) is 33.5. The highest BCUT2D eigenvalue weighted by atomic mass is 35.5. The minimum atomic E-state index is -3.66. The van der Waals surface area contributed by atoms with Crippen LogP contribution >= 0.6 is 11.6 Å². The summed E-state index contributed by atoms with van der Waals surface area (Å²) in [6, 6.07) is 12.8. The Labute approximate surface area is 358 Å². The minimum absolute atomic E-state index is 0.0386. The van der Waals surface area contributed by atoms with Gasteiger partial charge < -0.3 is 36.5 Å². The van der Waals surface area contributed by atoms with Crippen LogP contribution in [0.4, 0.5) is 28.8 Å². The molecule has 6 rings (SSSR count). The average Bonchev–Trinajstić information content (AvgIpc) is 3.26. The first kappa shape index (κ1) is 27.5. The van der Waals surface area contributed by atoms with E-state index in [2.05, 4.69) is 31.2 Å². The standard InChI is InChI=1S/C28H36ClN5O3S.C15H24N2O/c1-17(2)37-25-15-21(20-10-12-30-13-11-20)19(5)14-24(25)33-28-31-16-22(29)27(34-28)32-23-8-6-7-9-26(23)38(35,36)18(3)4;1-10(2)18-15-9-13(11(3)8-14(15)16)12-4-6-17-7-5-12/h6-9,14-18,20,30H,10-13H2,1-5H3,(H2,31,32,33,34);8-10,12,17H,4-7,16H2,1-3H3/i1D3,2D3,17D;1D3,2D3,10D. The van der Waals surface area contributed by atoms with E-state index in [9.17, 15) is 8.42 Å². The molecule has 0 amide bonds. The Morgan fingerprint density at radius 3 is 1.98 bits per heavy atom. The monoisotopic (exact) mass is 819 g/mol. The van der Waals surface area contributed by atoms with Crippen molar-refractivity contribution < 1.29 is 37.1 Å². The Balaban J connectivity index is 0.000000308. The van der Waals surface area contributed by atoms with Crippen LogP contribution in [-0.2, 0) is 9.84 Å². The second-order valence-corrected chi connectivity index (χ2v) is 17.0. The molecule has 3 heterocycles. The van der Waals surface area contributed by atoms with Gasteiger partial charge in [-0.1, -0.05) is 23.7 Å². The molecule has 11 nitrogen and oxygen atoms in total. The van der Waals surface area contributed by atoms with Crippen LogP contribution in [0.5, 0.6) is 11.5 Å². The predicted octanol–water partition coefficient (Wildman–Crippen LogP) is 9.19. The van der Waals surface area contributed by atoms with Crippen molar-refractivity contribution in [2.45, 2.75) is 115 Å². The van der Waals surface area contributed by atoms with Crippen LogP contribution in [0.1, 0.15) is 120 Å². The first-order valence-electron chi connectivity index (χ1n) is 25.5. The van der Waals surface area contributed by atoms with Crippen LogP contribution in [-0.4, -0.2) is 62.0 Å². The summed E-state index contributed by atoms with van der Waals surface area (Å²) in [5.41, 5.74) is 9.99. The molecule has 2 saturated heterocycles. The summed E-state index contributed by atoms with van der Waals surface area (Å²) in [5.74, 6) is 0.159. The van der Waals surface area contributed by atoms with Crippen molar-refractivity contribution in [3.63, 3.8) is 0 Å². The number of halogens is 1. The Kier molecular flexibility index (Phi) is 9.52. The molecule has 0 saturated carbocycles. The van der Waals surface area contributed by atoms with Crippen molar-refractivity contribution >= 4 is 50.3 Å². The average molecular weight is 821 g/mol. The number of nitrogens with two attached hydrogens (primary N) is 1. The van der Waals surface area contributed by atoms with Crippen LogP contribution in [0.2, 0.25) is 5.02 Å². The minimum Gasteiger partial charge on any atom is -0.489 e. The molecule has 0 radical (unpaired) electrons. The molecule has 0 aliphatic carbocycles. The largest absolute Gasteiger partial charge is 0.489 e. The number of nitrogen functional groups attached to an aromatic ring is 1. The lowest BCUT2D eigenvalue weighted by atomic mass is 9.87. The molecule has 2 aliphatic heterocycles. The molecular weight excluding hydrogens is 746 g/mol. The van der Waals surface area contributed by atoms with Gasteiger partial charge in [-0.05, 0) is 177 Å². The summed E-state index contributed by atoms with van der Waals surface area (Å²) in [6.07, 6.45) is -1.65. The number of anilines is 5. The second-order valence-electron chi connectivity index (χ2n) is 14.1. The summed E-state index contributed by atoms with van der Waals surface area (Å²) < 4.78 is 145. The van der Waals surface area contributed by atoms with Gasteiger partial charge in [-0.15, -0.1) is 0 Å². The maximum Gasteiger partial charge on any atom is 0.229 e. The SMILES string of the molecule is [2H]C([2H])([2H])C([2H])(Oc1cc(C2CCNCC2)c(C)cc1N)C([2H])([2H])[2H].[2H]C([2H])([2H])C([2H])(Oc1cc(C2CCNCC2)c(C)cc1Nc1ncc(Cl)c(Nc2ccccc2S(=O)(=O)C(C)C)n1)C([2H])([2H])[2H]. The van der Waals surface area contributed by atoms with Crippen LogP contribution in [0.15, 0.2) is 59.6 Å². The zero-order chi connectivity index (χ0) is 52.4. The molecule has 304 valence electrons. The molecule has 56 heavy (non-hydrogen) atoms. The number of nitrogens with zero attached hydrogens (tertiary/aromatic N) is 2. The lowest BCUT2D eigenvalue weighted by Crippen LogP contribution is -2.27. The summed E-state index contributed by atoms with van der Waals surface area (Å²) in [5, 5.41) is 11.9. The number of hydrogen-bond acceptors (Lipinski definition) is 11. The van der Waals surface area contributed by atoms with Crippen molar-refractivity contribution in [2.75, 3.05) is 42.5 Å². The van der Waals surface area contributed by atoms with E-state index in [1.165, 1.54) is 12.3 Å². The first-order valence-corrected chi connectivity index (χ1v) is 20.4. The van der Waals surface area contributed by atoms with Gasteiger partial charge in [0.2, 0.25) is 5.95 Å². The van der Waals surface area contributed by atoms with Gasteiger partial charge in [0, 0.05) is 16.4 Å².